The van der Waals surface area contributed by atoms with E-state index in [1.165, 1.54) is 0 Å². The minimum absolute atomic E-state index is 0.152. The predicted octanol–water partition coefficient (Wildman–Crippen LogP) is 3.95. The summed E-state index contributed by atoms with van der Waals surface area (Å²) in [6.07, 6.45) is 1.57. The number of aldehydes is 1. The smallest absolute Gasteiger partial charge is 0.258 e. The Balaban J connectivity index is 1.68. The Kier molecular flexibility index (Phi) is 7.76. The highest BCUT2D eigenvalue weighted by molar-refractivity contribution is 5.79. The standard InChI is InChI=1S/C24H29NO6/c1-4-28-21-12-17(14-26)6-8-20(21)31-15-23(27)25-24(16(2)3)18-7-9-19-22(13-18)30-11-5-10-29-19/h6-9,12-14,16,24H,4-5,10-11,15H2,1-3H3,(H,25,27)/t24-/m0/s1. The first-order chi connectivity index (χ1) is 15.0. The van der Waals surface area contributed by atoms with Gasteiger partial charge in [0.15, 0.2) is 29.6 Å². The van der Waals surface area contributed by atoms with E-state index in [1.54, 1.807) is 18.2 Å². The Labute approximate surface area is 182 Å². The third-order valence-corrected chi connectivity index (χ3v) is 4.88. The SMILES string of the molecule is CCOc1cc(C=O)ccc1OCC(=O)N[C@H](c1ccc2c(c1)OCCCO2)C(C)C. The monoisotopic (exact) mass is 427 g/mol. The highest BCUT2D eigenvalue weighted by Crippen LogP contribution is 2.34. The normalized spacial score (nSPS) is 13.8. The van der Waals surface area contributed by atoms with E-state index in [2.05, 4.69) is 5.32 Å². The number of hydrogen-bond donors (Lipinski definition) is 1. The second-order valence-electron chi connectivity index (χ2n) is 7.59. The fourth-order valence-corrected chi connectivity index (χ4v) is 3.35. The maximum Gasteiger partial charge on any atom is 0.258 e. The molecule has 166 valence electrons. The van der Waals surface area contributed by atoms with E-state index in [1.807, 2.05) is 39.0 Å². The van der Waals surface area contributed by atoms with Gasteiger partial charge in [-0.2, -0.15) is 0 Å². The number of amides is 1. The molecule has 7 nitrogen and oxygen atoms in total. The maximum atomic E-state index is 12.7. The molecule has 0 saturated carbocycles. The summed E-state index contributed by atoms with van der Waals surface area (Å²) in [5.74, 6) is 2.16. The molecule has 2 aromatic rings. The highest BCUT2D eigenvalue weighted by Gasteiger charge is 2.21. The van der Waals surface area contributed by atoms with E-state index >= 15 is 0 Å². The molecule has 0 spiro atoms. The number of carbonyl (C=O) groups is 2. The van der Waals surface area contributed by atoms with Crippen molar-refractivity contribution in [3.8, 4) is 23.0 Å². The van der Waals surface area contributed by atoms with E-state index < -0.39 is 0 Å². The summed E-state index contributed by atoms with van der Waals surface area (Å²) in [6, 6.07) is 10.4. The molecule has 0 aliphatic carbocycles. The van der Waals surface area contributed by atoms with Crippen LogP contribution in [0.1, 0.15) is 49.2 Å². The molecule has 1 aliphatic heterocycles. The van der Waals surface area contributed by atoms with Crippen LogP contribution in [0.2, 0.25) is 0 Å². The third kappa shape index (κ3) is 5.90. The van der Waals surface area contributed by atoms with Gasteiger partial charge in [-0.25, -0.2) is 0 Å². The highest BCUT2D eigenvalue weighted by atomic mass is 16.5. The summed E-state index contributed by atoms with van der Waals surface area (Å²) in [5.41, 5.74) is 1.42. The molecule has 1 amide bonds. The minimum Gasteiger partial charge on any atom is -0.490 e. The predicted molar refractivity (Wildman–Crippen MR) is 116 cm³/mol. The van der Waals surface area contributed by atoms with Crippen LogP contribution in [0.5, 0.6) is 23.0 Å². The first kappa shape index (κ1) is 22.5. The lowest BCUT2D eigenvalue weighted by Crippen LogP contribution is -2.35. The average Bonchev–Trinajstić information content (AvgIpc) is 3.01. The van der Waals surface area contributed by atoms with Gasteiger partial charge >= 0.3 is 0 Å². The van der Waals surface area contributed by atoms with Crippen molar-refractivity contribution in [2.24, 2.45) is 5.92 Å². The van der Waals surface area contributed by atoms with Gasteiger partial charge in [0.25, 0.3) is 5.91 Å². The number of benzene rings is 2. The molecule has 2 aromatic carbocycles. The van der Waals surface area contributed by atoms with E-state index in [0.29, 0.717) is 42.6 Å². The molecule has 1 N–H and O–H groups in total. The quantitative estimate of drug-likeness (QED) is 0.610. The Morgan fingerprint density at radius 1 is 1.06 bits per heavy atom. The topological polar surface area (TPSA) is 83.1 Å². The van der Waals surface area contributed by atoms with E-state index in [-0.39, 0.29) is 24.5 Å². The van der Waals surface area contributed by atoms with Crippen LogP contribution >= 0.6 is 0 Å². The summed E-state index contributed by atoms with van der Waals surface area (Å²) >= 11 is 0. The summed E-state index contributed by atoms with van der Waals surface area (Å²) in [7, 11) is 0. The van der Waals surface area contributed by atoms with Crippen LogP contribution < -0.4 is 24.3 Å². The van der Waals surface area contributed by atoms with Gasteiger partial charge in [0.1, 0.15) is 6.29 Å². The molecule has 0 aromatic heterocycles. The van der Waals surface area contributed by atoms with Crippen molar-refractivity contribution in [3.63, 3.8) is 0 Å². The summed E-state index contributed by atoms with van der Waals surface area (Å²) in [6.45, 7) is 7.41. The van der Waals surface area contributed by atoms with Crippen molar-refractivity contribution < 1.29 is 28.5 Å². The number of fused-ring (bicyclic) bond motifs is 1. The van der Waals surface area contributed by atoms with Crippen LogP contribution in [-0.2, 0) is 4.79 Å². The molecule has 3 rings (SSSR count). The molecular weight excluding hydrogens is 398 g/mol. The largest absolute Gasteiger partial charge is 0.490 e. The zero-order chi connectivity index (χ0) is 22.2. The van der Waals surface area contributed by atoms with Gasteiger partial charge in [0, 0.05) is 12.0 Å². The van der Waals surface area contributed by atoms with Crippen LogP contribution in [0.4, 0.5) is 0 Å². The van der Waals surface area contributed by atoms with E-state index in [9.17, 15) is 9.59 Å². The lowest BCUT2D eigenvalue weighted by Gasteiger charge is -2.24. The molecule has 1 aliphatic rings. The zero-order valence-electron chi connectivity index (χ0n) is 18.2. The fourth-order valence-electron chi connectivity index (χ4n) is 3.35. The van der Waals surface area contributed by atoms with Gasteiger partial charge in [-0.15, -0.1) is 0 Å². The molecule has 0 unspecified atom stereocenters. The second-order valence-corrected chi connectivity index (χ2v) is 7.59. The Morgan fingerprint density at radius 2 is 1.84 bits per heavy atom. The molecule has 1 atom stereocenters. The number of hydrogen-bond acceptors (Lipinski definition) is 6. The van der Waals surface area contributed by atoms with Gasteiger partial charge in [0.2, 0.25) is 0 Å². The number of nitrogens with one attached hydrogen (secondary N) is 1. The van der Waals surface area contributed by atoms with Crippen LogP contribution in [-0.4, -0.2) is 38.6 Å². The van der Waals surface area contributed by atoms with E-state index in [0.717, 1.165) is 24.0 Å². The Hall–Kier alpha value is -3.22. The molecule has 7 heteroatoms. The molecule has 0 bridgehead atoms. The van der Waals surface area contributed by atoms with Gasteiger partial charge < -0.3 is 24.3 Å². The molecule has 0 fully saturated rings. The Morgan fingerprint density at radius 3 is 2.55 bits per heavy atom. The van der Waals surface area contributed by atoms with Crippen LogP contribution in [0.25, 0.3) is 0 Å². The lowest BCUT2D eigenvalue weighted by molar-refractivity contribution is -0.124. The molecule has 1 heterocycles. The first-order valence-electron chi connectivity index (χ1n) is 10.6. The summed E-state index contributed by atoms with van der Waals surface area (Å²) in [5, 5.41) is 3.04. The molecular formula is C24H29NO6. The molecule has 0 saturated heterocycles. The van der Waals surface area contributed by atoms with Crippen LogP contribution in [0.3, 0.4) is 0 Å². The average molecular weight is 427 g/mol. The first-order valence-corrected chi connectivity index (χ1v) is 10.6. The molecule has 0 radical (unpaired) electrons. The van der Waals surface area contributed by atoms with Crippen molar-refractivity contribution in [3.05, 3.63) is 47.5 Å². The lowest BCUT2D eigenvalue weighted by atomic mass is 9.95. The van der Waals surface area contributed by atoms with Crippen molar-refractivity contribution in [2.75, 3.05) is 26.4 Å². The van der Waals surface area contributed by atoms with Crippen molar-refractivity contribution in [2.45, 2.75) is 33.2 Å². The Bertz CT molecular complexity index is 911. The van der Waals surface area contributed by atoms with Gasteiger partial charge in [-0.3, -0.25) is 9.59 Å². The van der Waals surface area contributed by atoms with Gasteiger partial charge in [-0.1, -0.05) is 19.9 Å². The third-order valence-electron chi connectivity index (χ3n) is 4.88. The fraction of sp³-hybridized carbons (Fsp3) is 0.417. The molecule has 31 heavy (non-hydrogen) atoms. The zero-order valence-corrected chi connectivity index (χ0v) is 18.2. The minimum atomic E-state index is -0.257. The van der Waals surface area contributed by atoms with E-state index in [4.69, 9.17) is 18.9 Å². The van der Waals surface area contributed by atoms with Crippen molar-refractivity contribution >= 4 is 12.2 Å². The number of ether oxygens (including phenoxy) is 4. The number of rotatable bonds is 9. The summed E-state index contributed by atoms with van der Waals surface area (Å²) < 4.78 is 22.7. The van der Waals surface area contributed by atoms with Crippen molar-refractivity contribution in [1.29, 1.82) is 0 Å². The van der Waals surface area contributed by atoms with Crippen molar-refractivity contribution in [1.82, 2.24) is 5.32 Å². The number of carbonyl (C=O) groups excluding carboxylic acids is 2. The summed E-state index contributed by atoms with van der Waals surface area (Å²) in [4.78, 5) is 23.6. The van der Waals surface area contributed by atoms with Crippen LogP contribution in [0.15, 0.2) is 36.4 Å². The maximum absolute atomic E-state index is 12.7. The van der Waals surface area contributed by atoms with Gasteiger partial charge in [-0.05, 0) is 48.7 Å². The second kappa shape index (κ2) is 10.7. The van der Waals surface area contributed by atoms with Gasteiger partial charge in [0.05, 0.1) is 25.9 Å². The van der Waals surface area contributed by atoms with Crippen LogP contribution in [0, 0.1) is 5.92 Å².